The van der Waals surface area contributed by atoms with Gasteiger partial charge < -0.3 is 10.1 Å². The van der Waals surface area contributed by atoms with Crippen molar-refractivity contribution in [1.29, 1.82) is 0 Å². The van der Waals surface area contributed by atoms with Crippen molar-refractivity contribution < 1.29 is 22.9 Å². The number of hydrogen-bond donors (Lipinski definition) is 1. The van der Waals surface area contributed by atoms with Gasteiger partial charge >= 0.3 is 0 Å². The number of ether oxygens (including phenoxy) is 1. The lowest BCUT2D eigenvalue weighted by atomic mass is 9.99. The SMILES string of the molecule is CCCC[C@H](CC)CNC(=O)c1ccc(CN(c2cc([N+](=O)[O-])ccc2OC)S(C)(=O)=O)cc1. The number of methoxy groups -OCH3 is 1. The minimum atomic E-state index is -3.80. The van der Waals surface area contributed by atoms with E-state index in [-0.39, 0.29) is 29.6 Å². The summed E-state index contributed by atoms with van der Waals surface area (Å²) >= 11 is 0. The summed E-state index contributed by atoms with van der Waals surface area (Å²) in [5, 5.41) is 14.2. The molecule has 2 aromatic carbocycles. The maximum absolute atomic E-state index is 12.5. The second-order valence-electron chi connectivity index (χ2n) is 8.21. The Kier molecular flexibility index (Phi) is 9.85. The highest BCUT2D eigenvalue weighted by atomic mass is 32.2. The molecule has 186 valence electrons. The first-order valence-electron chi connectivity index (χ1n) is 11.3. The monoisotopic (exact) mass is 491 g/mol. The quantitative estimate of drug-likeness (QED) is 0.325. The van der Waals surface area contributed by atoms with Gasteiger partial charge in [0.2, 0.25) is 10.0 Å². The number of unbranched alkanes of at least 4 members (excludes halogenated alkanes) is 1. The van der Waals surface area contributed by atoms with Crippen LogP contribution in [0.3, 0.4) is 0 Å². The van der Waals surface area contributed by atoms with Crippen LogP contribution in [0.5, 0.6) is 5.75 Å². The molecule has 9 nitrogen and oxygen atoms in total. The molecule has 0 fully saturated rings. The van der Waals surface area contributed by atoms with E-state index in [2.05, 4.69) is 19.2 Å². The number of rotatable bonds is 13. The lowest BCUT2D eigenvalue weighted by Gasteiger charge is -2.24. The Morgan fingerprint density at radius 3 is 2.38 bits per heavy atom. The minimum Gasteiger partial charge on any atom is -0.495 e. The predicted octanol–water partition coefficient (Wildman–Crippen LogP) is 4.52. The van der Waals surface area contributed by atoms with Crippen LogP contribution in [-0.2, 0) is 16.6 Å². The number of nitrogens with zero attached hydrogens (tertiary/aromatic N) is 2. The molecule has 0 aliphatic heterocycles. The Morgan fingerprint density at radius 2 is 1.85 bits per heavy atom. The van der Waals surface area contributed by atoms with Gasteiger partial charge in [-0.2, -0.15) is 0 Å². The molecular formula is C24H33N3O6S. The maximum atomic E-state index is 12.5. The predicted molar refractivity (Wildman–Crippen MR) is 133 cm³/mol. The van der Waals surface area contributed by atoms with Gasteiger partial charge in [-0.3, -0.25) is 19.2 Å². The average molecular weight is 492 g/mol. The molecule has 1 N–H and O–H groups in total. The van der Waals surface area contributed by atoms with E-state index in [1.54, 1.807) is 24.3 Å². The molecule has 0 saturated heterocycles. The number of nitro benzene ring substituents is 1. The highest BCUT2D eigenvalue weighted by Crippen LogP contribution is 2.34. The van der Waals surface area contributed by atoms with Gasteiger partial charge in [0.25, 0.3) is 11.6 Å². The molecule has 0 bridgehead atoms. The number of sulfonamides is 1. The molecule has 0 radical (unpaired) electrons. The third-order valence-electron chi connectivity index (χ3n) is 5.68. The Balaban J connectivity index is 2.20. The van der Waals surface area contributed by atoms with E-state index in [1.807, 2.05) is 0 Å². The molecule has 10 heteroatoms. The van der Waals surface area contributed by atoms with Crippen molar-refractivity contribution in [1.82, 2.24) is 5.32 Å². The van der Waals surface area contributed by atoms with Gasteiger partial charge in [-0.05, 0) is 36.1 Å². The largest absolute Gasteiger partial charge is 0.495 e. The first-order valence-corrected chi connectivity index (χ1v) is 13.1. The summed E-state index contributed by atoms with van der Waals surface area (Å²) in [6.07, 6.45) is 5.36. The number of carbonyl (C=O) groups is 1. The summed E-state index contributed by atoms with van der Waals surface area (Å²) in [6, 6.07) is 10.4. The molecule has 0 aliphatic rings. The highest BCUT2D eigenvalue weighted by Gasteiger charge is 2.24. The summed E-state index contributed by atoms with van der Waals surface area (Å²) in [5.41, 5.74) is 0.914. The van der Waals surface area contributed by atoms with Gasteiger partial charge in [-0.25, -0.2) is 8.42 Å². The van der Waals surface area contributed by atoms with Crippen LogP contribution in [0, 0.1) is 16.0 Å². The topological polar surface area (TPSA) is 119 Å². The Labute approximate surface area is 201 Å². The normalized spacial score (nSPS) is 12.1. The minimum absolute atomic E-state index is 0.0682. The molecule has 1 atom stereocenters. The van der Waals surface area contributed by atoms with Crippen LogP contribution in [0.15, 0.2) is 42.5 Å². The second kappa shape index (κ2) is 12.4. The highest BCUT2D eigenvalue weighted by molar-refractivity contribution is 7.92. The summed E-state index contributed by atoms with van der Waals surface area (Å²) in [6.45, 7) is 4.80. The number of carbonyl (C=O) groups excluding carboxylic acids is 1. The van der Waals surface area contributed by atoms with Crippen molar-refractivity contribution in [2.24, 2.45) is 5.92 Å². The molecule has 1 amide bonds. The third kappa shape index (κ3) is 7.44. The number of amides is 1. The smallest absolute Gasteiger partial charge is 0.271 e. The number of nitrogens with one attached hydrogen (secondary N) is 1. The van der Waals surface area contributed by atoms with E-state index in [0.717, 1.165) is 36.2 Å². The summed E-state index contributed by atoms with van der Waals surface area (Å²) in [5.74, 6) is 0.457. The second-order valence-corrected chi connectivity index (χ2v) is 10.1. The van der Waals surface area contributed by atoms with Crippen molar-refractivity contribution >= 4 is 27.3 Å². The van der Waals surface area contributed by atoms with Gasteiger partial charge in [0.15, 0.2) is 0 Å². The first-order chi connectivity index (χ1) is 16.1. The fourth-order valence-corrected chi connectivity index (χ4v) is 4.46. The van der Waals surface area contributed by atoms with Crippen molar-refractivity contribution in [3.8, 4) is 5.75 Å². The van der Waals surface area contributed by atoms with Crippen LogP contribution in [0.4, 0.5) is 11.4 Å². The molecular weight excluding hydrogens is 458 g/mol. The van der Waals surface area contributed by atoms with Gasteiger partial charge in [-0.1, -0.05) is 45.2 Å². The van der Waals surface area contributed by atoms with E-state index in [0.29, 0.717) is 23.6 Å². The standard InChI is InChI=1S/C24H33N3O6S/c1-5-7-8-18(6-2)16-25-24(28)20-11-9-19(10-12-20)17-26(34(4,31)32)22-15-21(27(29)30)13-14-23(22)33-3/h9-15,18H,5-8,16-17H2,1-4H3,(H,25,28)/t18-/m0/s1. The molecule has 0 aliphatic carbocycles. The van der Waals surface area contributed by atoms with Crippen molar-refractivity contribution in [2.45, 2.75) is 46.1 Å². The van der Waals surface area contributed by atoms with Crippen LogP contribution in [-0.4, -0.2) is 39.2 Å². The molecule has 0 aromatic heterocycles. The number of hydrogen-bond acceptors (Lipinski definition) is 6. The zero-order valence-electron chi connectivity index (χ0n) is 20.1. The lowest BCUT2D eigenvalue weighted by molar-refractivity contribution is -0.384. The summed E-state index contributed by atoms with van der Waals surface area (Å²) in [4.78, 5) is 23.2. The van der Waals surface area contributed by atoms with Crippen molar-refractivity contribution in [3.05, 3.63) is 63.7 Å². The zero-order valence-corrected chi connectivity index (χ0v) is 20.9. The van der Waals surface area contributed by atoms with Crippen LogP contribution in [0.25, 0.3) is 0 Å². The van der Waals surface area contributed by atoms with E-state index in [1.165, 1.54) is 25.3 Å². The van der Waals surface area contributed by atoms with Crippen molar-refractivity contribution in [3.63, 3.8) is 0 Å². The maximum Gasteiger partial charge on any atom is 0.271 e. The number of anilines is 1. The van der Waals surface area contributed by atoms with E-state index in [9.17, 15) is 23.3 Å². The molecule has 0 unspecified atom stereocenters. The zero-order chi connectivity index (χ0) is 25.3. The van der Waals surface area contributed by atoms with Crippen molar-refractivity contribution in [2.75, 3.05) is 24.2 Å². The molecule has 0 spiro atoms. The molecule has 2 aromatic rings. The van der Waals surface area contributed by atoms with Crippen LogP contribution >= 0.6 is 0 Å². The van der Waals surface area contributed by atoms with Gasteiger partial charge in [0.1, 0.15) is 11.4 Å². The van der Waals surface area contributed by atoms with E-state index in [4.69, 9.17) is 4.74 Å². The van der Waals surface area contributed by atoms with Gasteiger partial charge in [-0.15, -0.1) is 0 Å². The van der Waals surface area contributed by atoms with Gasteiger partial charge in [0, 0.05) is 24.2 Å². The number of non-ortho nitro benzene ring substituents is 1. The summed E-state index contributed by atoms with van der Waals surface area (Å²) in [7, 11) is -2.43. The Bertz CT molecular complexity index is 1090. The lowest BCUT2D eigenvalue weighted by Crippen LogP contribution is -2.30. The molecule has 0 saturated carbocycles. The average Bonchev–Trinajstić information content (AvgIpc) is 2.81. The first kappa shape index (κ1) is 27.1. The Hall–Kier alpha value is -3.14. The van der Waals surface area contributed by atoms with E-state index < -0.39 is 14.9 Å². The van der Waals surface area contributed by atoms with Crippen LogP contribution in [0.2, 0.25) is 0 Å². The van der Waals surface area contributed by atoms with Crippen LogP contribution in [0.1, 0.15) is 55.5 Å². The van der Waals surface area contributed by atoms with E-state index >= 15 is 0 Å². The van der Waals surface area contributed by atoms with Gasteiger partial charge in [0.05, 0.1) is 24.8 Å². The number of benzene rings is 2. The fraction of sp³-hybridized carbons (Fsp3) is 0.458. The third-order valence-corrected chi connectivity index (χ3v) is 6.81. The molecule has 0 heterocycles. The molecule has 34 heavy (non-hydrogen) atoms. The fourth-order valence-electron chi connectivity index (χ4n) is 3.58. The van der Waals surface area contributed by atoms with Crippen LogP contribution < -0.4 is 14.4 Å². The Morgan fingerprint density at radius 1 is 1.18 bits per heavy atom. The molecule has 2 rings (SSSR count). The summed E-state index contributed by atoms with van der Waals surface area (Å²) < 4.78 is 31.4. The number of nitro groups is 1.